The topological polar surface area (TPSA) is 230 Å². The van der Waals surface area contributed by atoms with Gasteiger partial charge in [-0.3, -0.25) is 28.8 Å². The fourth-order valence-corrected chi connectivity index (χ4v) is 21.1. The highest BCUT2D eigenvalue weighted by atomic mass is 16.6. The molecule has 6 heterocycles. The summed E-state index contributed by atoms with van der Waals surface area (Å²) in [4.78, 5) is 94.1. The molecule has 1 aromatic carbocycles. The van der Waals surface area contributed by atoms with Crippen molar-refractivity contribution in [3.8, 4) is 0 Å². The molecule has 0 radical (unpaired) electrons. The Balaban J connectivity index is 1.31. The van der Waals surface area contributed by atoms with Crippen LogP contribution in [0.1, 0.15) is 371 Å². The number of rotatable bonds is 33. The van der Waals surface area contributed by atoms with E-state index in [1.807, 2.05) is 0 Å². The van der Waals surface area contributed by atoms with E-state index in [-0.39, 0.29) is 99.5 Å². The lowest BCUT2D eigenvalue weighted by Crippen LogP contribution is -2.61. The molecule has 18 heteroatoms. The van der Waals surface area contributed by atoms with Gasteiger partial charge in [0.25, 0.3) is 0 Å². The maximum absolute atomic E-state index is 15.8. The van der Waals surface area contributed by atoms with Crippen molar-refractivity contribution in [2.24, 2.45) is 21.7 Å². The van der Waals surface area contributed by atoms with E-state index in [2.05, 4.69) is 237 Å². The summed E-state index contributed by atoms with van der Waals surface area (Å²) in [5, 5.41) is 22.3. The van der Waals surface area contributed by atoms with E-state index in [1.165, 1.54) is 0 Å². The maximum atomic E-state index is 15.8. The largest absolute Gasteiger partial charge is 0.461 e. The molecule has 2 atom stereocenters. The SMILES string of the molecule is CCCCC(CCCc1ccc(CCCC(CCCC)(C(=O)OC2CC(C)(C)NC(C)(C)C2)C(=O)OC2CC(C)(C)NCC2(C)C)c(CCCC(CCCC)(C(=O)OC2CC(C)(C)NC(C)(C)C2)C(=O)OC2CC(C)(C)NC(C)(C)C2)c1)(C(=O)OC1CC(C)(C)NC(C)(C)C1)C(=O)OC1CC(C)(C)NC(C)(C)C1. The maximum Gasteiger partial charge on any atom is 0.323 e. The van der Waals surface area contributed by atoms with Gasteiger partial charge in [0.2, 0.25) is 0 Å². The average Bonchev–Trinajstić information content (AvgIpc) is 0.775. The van der Waals surface area contributed by atoms with E-state index in [9.17, 15) is 0 Å². The van der Waals surface area contributed by atoms with Gasteiger partial charge in [0.05, 0.1) is 0 Å². The van der Waals surface area contributed by atoms with Gasteiger partial charge >= 0.3 is 35.8 Å². The second-order valence-electron chi connectivity index (χ2n) is 43.2. The van der Waals surface area contributed by atoms with Crippen molar-refractivity contribution >= 4 is 35.8 Å². The van der Waals surface area contributed by atoms with Gasteiger partial charge in [0.15, 0.2) is 16.2 Å². The van der Waals surface area contributed by atoms with Gasteiger partial charge in [-0.15, -0.1) is 0 Å². The summed E-state index contributed by atoms with van der Waals surface area (Å²) in [5.74, 6) is -3.13. The van der Waals surface area contributed by atoms with Crippen molar-refractivity contribution in [3.05, 3.63) is 34.9 Å². The first-order valence-corrected chi connectivity index (χ1v) is 42.5. The predicted molar refractivity (Wildman–Crippen MR) is 434 cm³/mol. The molecule has 0 aromatic heterocycles. The number of carbonyl (C=O) groups excluding carboxylic acids is 6. The van der Waals surface area contributed by atoms with Crippen LogP contribution in [0.15, 0.2) is 18.2 Å². The van der Waals surface area contributed by atoms with Crippen molar-refractivity contribution in [2.75, 3.05) is 6.54 Å². The Morgan fingerprint density at radius 1 is 0.315 bits per heavy atom. The van der Waals surface area contributed by atoms with Crippen LogP contribution in [0.2, 0.25) is 0 Å². The van der Waals surface area contributed by atoms with Crippen molar-refractivity contribution in [1.29, 1.82) is 0 Å². The predicted octanol–water partition coefficient (Wildman–Crippen LogP) is 17.2. The third kappa shape index (κ3) is 25.1. The average molecular weight is 1510 g/mol. The smallest absolute Gasteiger partial charge is 0.323 e. The monoisotopic (exact) mass is 1510 g/mol. The lowest BCUT2D eigenvalue weighted by atomic mass is 9.74. The zero-order valence-electron chi connectivity index (χ0n) is 73.3. The molecule has 108 heavy (non-hydrogen) atoms. The van der Waals surface area contributed by atoms with E-state index in [0.717, 1.165) is 36.0 Å². The quantitative estimate of drug-likeness (QED) is 0.0218. The van der Waals surface area contributed by atoms with Crippen LogP contribution < -0.4 is 31.9 Å². The molecule has 6 N–H and O–H groups in total. The number of unbranched alkanes of at least 4 members (excludes halogenated alkanes) is 3. The van der Waals surface area contributed by atoms with Gasteiger partial charge in [0.1, 0.15) is 36.6 Å². The van der Waals surface area contributed by atoms with Crippen molar-refractivity contribution in [3.63, 3.8) is 0 Å². The molecule has 0 saturated carbocycles. The first-order chi connectivity index (χ1) is 49.4. The molecule has 0 aliphatic carbocycles. The Labute approximate surface area is 655 Å². The van der Waals surface area contributed by atoms with Crippen LogP contribution in [0.5, 0.6) is 0 Å². The number of nitrogens with one attached hydrogen (secondary N) is 6. The first-order valence-electron chi connectivity index (χ1n) is 42.5. The van der Waals surface area contributed by atoms with Crippen molar-refractivity contribution in [1.82, 2.24) is 31.9 Å². The Morgan fingerprint density at radius 2 is 0.556 bits per heavy atom. The minimum Gasteiger partial charge on any atom is -0.461 e. The Kier molecular flexibility index (Phi) is 29.0. The highest BCUT2D eigenvalue weighted by Gasteiger charge is 2.57. The minimum atomic E-state index is -1.62. The highest BCUT2D eigenvalue weighted by Crippen LogP contribution is 2.46. The normalized spacial score (nSPS) is 25.0. The Hall–Kier alpha value is -4.20. The third-order valence-corrected chi connectivity index (χ3v) is 24.6. The van der Waals surface area contributed by atoms with Gasteiger partial charge in [-0.2, -0.15) is 0 Å². The molecule has 6 aliphatic rings. The number of aryl methyl sites for hydroxylation is 3. The number of ether oxygens (including phenoxy) is 6. The number of esters is 6. The van der Waals surface area contributed by atoms with Gasteiger partial charge in [-0.25, -0.2) is 0 Å². The van der Waals surface area contributed by atoms with Crippen molar-refractivity contribution < 1.29 is 57.2 Å². The van der Waals surface area contributed by atoms with Gasteiger partial charge in [-0.1, -0.05) is 91.3 Å². The van der Waals surface area contributed by atoms with Crippen LogP contribution in [0.4, 0.5) is 0 Å². The van der Waals surface area contributed by atoms with Crippen molar-refractivity contribution in [2.45, 2.75) is 471 Å². The molecule has 618 valence electrons. The zero-order valence-corrected chi connectivity index (χ0v) is 73.3. The summed E-state index contributed by atoms with van der Waals surface area (Å²) < 4.78 is 40.5. The van der Waals surface area contributed by atoms with Crippen LogP contribution >= 0.6 is 0 Å². The van der Waals surface area contributed by atoms with E-state index < -0.39 is 94.1 Å². The van der Waals surface area contributed by atoms with Crippen LogP contribution in [0.25, 0.3) is 0 Å². The molecule has 6 saturated heterocycles. The number of piperidine rings is 6. The Morgan fingerprint density at radius 3 is 0.824 bits per heavy atom. The summed E-state index contributed by atoms with van der Waals surface area (Å²) in [6, 6.07) is 6.53. The molecule has 2 unspecified atom stereocenters. The number of benzene rings is 1. The fraction of sp³-hybridized carbons (Fsp3) is 0.867. The first kappa shape index (κ1) is 91.0. The highest BCUT2D eigenvalue weighted by molar-refractivity contribution is 6.01. The second-order valence-corrected chi connectivity index (χ2v) is 43.2. The van der Waals surface area contributed by atoms with Gasteiger partial charge < -0.3 is 60.3 Å². The summed E-state index contributed by atoms with van der Waals surface area (Å²) >= 11 is 0. The van der Waals surface area contributed by atoms with Crippen LogP contribution in [-0.2, 0) is 76.5 Å². The summed E-state index contributed by atoms with van der Waals surface area (Å²) in [7, 11) is 0. The lowest BCUT2D eigenvalue weighted by Gasteiger charge is -2.47. The third-order valence-electron chi connectivity index (χ3n) is 24.6. The second kappa shape index (κ2) is 34.5. The molecule has 0 spiro atoms. The molecular weight excluding hydrogens is 1360 g/mol. The van der Waals surface area contributed by atoms with E-state index in [4.69, 9.17) is 28.4 Å². The standard InChI is InChI=1S/C90H156N6O12/c1-28-31-42-88(70(97)103-64-49-78(8,9)92-79(10,11)50-64,71(98)104-65-51-80(12,13)93-81(14,15)52-65)45-34-37-61-40-41-62(38-35-46-90(44-33-30-3,74(101)107-68-57-86(24,25)96-87(26,27)58-68)75(102)108-69-59-77(6,7)91-60-76(69,4)5)63(48-61)39-36-47-89(43-32-29-2,72(99)105-66-53-82(16,17)94-83(18,19)54-66)73(100)106-67-55-84(20,21)95-85(22,23)56-67/h40-41,48,64-69,91-96H,28-39,42-47,49-60H2,1-27H3. The number of hydrogen-bond donors (Lipinski definition) is 6. The molecule has 7 rings (SSSR count). The zero-order chi connectivity index (χ0) is 81.0. The lowest BCUT2D eigenvalue weighted by molar-refractivity contribution is -0.189. The van der Waals surface area contributed by atoms with E-state index >= 15 is 28.8 Å². The van der Waals surface area contributed by atoms with Crippen LogP contribution in [0.3, 0.4) is 0 Å². The van der Waals surface area contributed by atoms with E-state index in [1.54, 1.807) is 0 Å². The fourth-order valence-electron chi connectivity index (χ4n) is 21.1. The molecule has 0 bridgehead atoms. The van der Waals surface area contributed by atoms with Gasteiger partial charge in [0, 0.05) is 144 Å². The Bertz CT molecular complexity index is 3060. The molecule has 1 aromatic rings. The van der Waals surface area contributed by atoms with E-state index in [0.29, 0.717) is 135 Å². The number of hydrogen-bond acceptors (Lipinski definition) is 18. The molecule has 6 aliphatic heterocycles. The van der Waals surface area contributed by atoms with Gasteiger partial charge in [-0.05, 0) is 246 Å². The minimum absolute atomic E-state index is 0.177. The number of carbonyl (C=O) groups is 6. The summed E-state index contributed by atoms with van der Waals surface area (Å²) in [6.45, 7) is 58.1. The molecule has 18 nitrogen and oxygen atoms in total. The van der Waals surface area contributed by atoms with Crippen LogP contribution in [0, 0.1) is 21.7 Å². The molecule has 0 amide bonds. The van der Waals surface area contributed by atoms with Crippen LogP contribution in [-0.4, -0.2) is 140 Å². The molecule has 6 fully saturated rings. The molecular formula is C90H156N6O12. The summed E-state index contributed by atoms with van der Waals surface area (Å²) in [6.07, 6.45) is 12.1. The summed E-state index contributed by atoms with van der Waals surface area (Å²) in [5.41, 5.74) is -5.76.